The van der Waals surface area contributed by atoms with Crippen LogP contribution in [0.15, 0.2) is 0 Å². The number of hydrogen-bond donors (Lipinski definition) is 1. The number of nitrogens with zero attached hydrogens (tertiary/aromatic N) is 2. The average molecular weight is 283 g/mol. The van der Waals surface area contributed by atoms with Gasteiger partial charge >= 0.3 is 0 Å². The molecule has 3 rings (SSSR count). The van der Waals surface area contributed by atoms with E-state index in [0.717, 1.165) is 37.2 Å². The fourth-order valence-corrected chi connectivity index (χ4v) is 3.24. The topological polar surface area (TPSA) is 73.3 Å². The molecule has 1 aromatic heterocycles. The summed E-state index contributed by atoms with van der Waals surface area (Å²) in [5, 5.41) is 6.91. The Morgan fingerprint density at radius 1 is 1.37 bits per heavy atom. The number of rotatable bonds is 2. The lowest BCUT2D eigenvalue weighted by atomic mass is 9.90. The van der Waals surface area contributed by atoms with Crippen LogP contribution in [-0.2, 0) is 9.47 Å². The Balaban J connectivity index is 1.55. The van der Waals surface area contributed by atoms with E-state index in [1.54, 1.807) is 6.92 Å². The van der Waals surface area contributed by atoms with E-state index in [-0.39, 0.29) is 17.7 Å². The first-order valence-corrected chi connectivity index (χ1v) is 7.34. The van der Waals surface area contributed by atoms with Crippen LogP contribution in [0.2, 0.25) is 0 Å². The predicted octanol–water partition coefficient (Wildman–Crippen LogP) is 1.26. The SMILES string of the molecule is Cc1nnsc1C(=O)NC1CCC2(CC1)OCCO2. The molecule has 1 aliphatic carbocycles. The molecule has 1 aromatic rings. The molecule has 2 aliphatic rings. The van der Waals surface area contributed by atoms with E-state index in [0.29, 0.717) is 23.8 Å². The molecule has 1 saturated heterocycles. The Hall–Kier alpha value is -1.05. The van der Waals surface area contributed by atoms with Crippen molar-refractivity contribution in [1.82, 2.24) is 14.9 Å². The summed E-state index contributed by atoms with van der Waals surface area (Å²) in [5.41, 5.74) is 0.692. The van der Waals surface area contributed by atoms with Crippen molar-refractivity contribution in [2.45, 2.75) is 44.4 Å². The Morgan fingerprint density at radius 2 is 2.05 bits per heavy atom. The normalized spacial score (nSPS) is 22.8. The summed E-state index contributed by atoms with van der Waals surface area (Å²) in [4.78, 5) is 12.7. The average Bonchev–Trinajstić information content (AvgIpc) is 3.02. The highest BCUT2D eigenvalue weighted by atomic mass is 32.1. The highest BCUT2D eigenvalue weighted by molar-refractivity contribution is 7.08. The van der Waals surface area contributed by atoms with Crippen LogP contribution in [0.5, 0.6) is 0 Å². The Morgan fingerprint density at radius 3 is 2.63 bits per heavy atom. The van der Waals surface area contributed by atoms with E-state index in [1.165, 1.54) is 0 Å². The zero-order valence-corrected chi connectivity index (χ0v) is 11.7. The molecule has 2 fully saturated rings. The first kappa shape index (κ1) is 13.0. The van der Waals surface area contributed by atoms with E-state index in [2.05, 4.69) is 14.9 Å². The molecule has 0 atom stereocenters. The molecule has 1 N–H and O–H groups in total. The molecule has 1 aliphatic heterocycles. The highest BCUT2D eigenvalue weighted by Gasteiger charge is 2.40. The van der Waals surface area contributed by atoms with Gasteiger partial charge in [-0.1, -0.05) is 4.49 Å². The van der Waals surface area contributed by atoms with Crippen molar-refractivity contribution in [3.8, 4) is 0 Å². The van der Waals surface area contributed by atoms with Crippen molar-refractivity contribution >= 4 is 17.4 Å². The highest BCUT2D eigenvalue weighted by Crippen LogP contribution is 2.35. The van der Waals surface area contributed by atoms with Gasteiger partial charge in [-0.25, -0.2) is 0 Å². The molecule has 2 heterocycles. The molecule has 1 amide bonds. The third-order valence-corrected chi connectivity index (χ3v) is 4.58. The number of hydrogen-bond acceptors (Lipinski definition) is 6. The smallest absolute Gasteiger partial charge is 0.265 e. The van der Waals surface area contributed by atoms with Gasteiger partial charge in [0.05, 0.1) is 18.9 Å². The van der Waals surface area contributed by atoms with Gasteiger partial charge in [-0.2, -0.15) is 0 Å². The quantitative estimate of drug-likeness (QED) is 0.884. The summed E-state index contributed by atoms with van der Waals surface area (Å²) >= 11 is 1.14. The zero-order valence-electron chi connectivity index (χ0n) is 10.8. The predicted molar refractivity (Wildman–Crippen MR) is 69.0 cm³/mol. The number of aryl methyl sites for hydroxylation is 1. The largest absolute Gasteiger partial charge is 0.348 e. The van der Waals surface area contributed by atoms with Gasteiger partial charge in [0.2, 0.25) is 0 Å². The second-order valence-corrected chi connectivity index (χ2v) is 5.80. The van der Waals surface area contributed by atoms with Crippen LogP contribution < -0.4 is 5.32 Å². The second-order valence-electron chi connectivity index (χ2n) is 5.04. The number of amides is 1. The third kappa shape index (κ3) is 2.63. The van der Waals surface area contributed by atoms with Gasteiger partial charge in [-0.05, 0) is 31.3 Å². The lowest BCUT2D eigenvalue weighted by molar-refractivity contribution is -0.179. The van der Waals surface area contributed by atoms with Crippen molar-refractivity contribution in [3.05, 3.63) is 10.6 Å². The number of carbonyl (C=O) groups is 1. The minimum Gasteiger partial charge on any atom is -0.348 e. The van der Waals surface area contributed by atoms with Crippen LogP contribution in [-0.4, -0.2) is 40.5 Å². The van der Waals surface area contributed by atoms with Crippen LogP contribution in [0, 0.1) is 6.92 Å². The third-order valence-electron chi connectivity index (χ3n) is 3.75. The molecule has 0 bridgehead atoms. The first-order chi connectivity index (χ1) is 9.19. The molecule has 19 heavy (non-hydrogen) atoms. The van der Waals surface area contributed by atoms with Gasteiger partial charge in [0, 0.05) is 18.9 Å². The monoisotopic (exact) mass is 283 g/mol. The Bertz CT molecular complexity index is 461. The summed E-state index contributed by atoms with van der Waals surface area (Å²) in [6.45, 7) is 3.17. The molecule has 1 saturated carbocycles. The van der Waals surface area contributed by atoms with Gasteiger partial charge in [0.15, 0.2) is 5.79 Å². The van der Waals surface area contributed by atoms with E-state index in [1.807, 2.05) is 0 Å². The van der Waals surface area contributed by atoms with Gasteiger partial charge in [0.25, 0.3) is 5.91 Å². The van der Waals surface area contributed by atoms with Gasteiger partial charge < -0.3 is 14.8 Å². The Kier molecular flexibility index (Phi) is 3.51. The summed E-state index contributed by atoms with van der Waals surface area (Å²) in [6.07, 6.45) is 3.46. The molecular weight excluding hydrogens is 266 g/mol. The molecule has 104 valence electrons. The van der Waals surface area contributed by atoms with Crippen molar-refractivity contribution in [3.63, 3.8) is 0 Å². The van der Waals surface area contributed by atoms with E-state index in [9.17, 15) is 4.79 Å². The molecule has 1 spiro atoms. The van der Waals surface area contributed by atoms with Crippen LogP contribution in [0.25, 0.3) is 0 Å². The lowest BCUT2D eigenvalue weighted by Crippen LogP contribution is -2.44. The number of carbonyl (C=O) groups excluding carboxylic acids is 1. The molecule has 7 heteroatoms. The molecular formula is C12H17N3O3S. The van der Waals surface area contributed by atoms with Gasteiger partial charge in [-0.3, -0.25) is 4.79 Å². The van der Waals surface area contributed by atoms with E-state index < -0.39 is 0 Å². The molecule has 0 radical (unpaired) electrons. The van der Waals surface area contributed by atoms with Crippen molar-refractivity contribution in [2.24, 2.45) is 0 Å². The van der Waals surface area contributed by atoms with Crippen molar-refractivity contribution in [2.75, 3.05) is 13.2 Å². The van der Waals surface area contributed by atoms with Crippen LogP contribution in [0.3, 0.4) is 0 Å². The van der Waals surface area contributed by atoms with E-state index >= 15 is 0 Å². The van der Waals surface area contributed by atoms with E-state index in [4.69, 9.17) is 9.47 Å². The molecule has 0 aromatic carbocycles. The lowest BCUT2D eigenvalue weighted by Gasteiger charge is -2.35. The fourth-order valence-electron chi connectivity index (χ4n) is 2.68. The minimum absolute atomic E-state index is 0.0679. The van der Waals surface area contributed by atoms with Crippen LogP contribution in [0.4, 0.5) is 0 Å². The molecule has 6 nitrogen and oxygen atoms in total. The maximum atomic E-state index is 12.1. The maximum absolute atomic E-state index is 12.1. The molecule has 0 unspecified atom stereocenters. The summed E-state index contributed by atoms with van der Waals surface area (Å²) < 4.78 is 15.1. The maximum Gasteiger partial charge on any atom is 0.265 e. The summed E-state index contributed by atoms with van der Waals surface area (Å²) in [7, 11) is 0. The zero-order chi connectivity index (χ0) is 13.3. The number of aromatic nitrogens is 2. The summed E-state index contributed by atoms with van der Waals surface area (Å²) in [5.74, 6) is -0.440. The Labute approximate surface area is 115 Å². The first-order valence-electron chi connectivity index (χ1n) is 6.56. The number of ether oxygens (including phenoxy) is 2. The van der Waals surface area contributed by atoms with Crippen molar-refractivity contribution < 1.29 is 14.3 Å². The van der Waals surface area contributed by atoms with Gasteiger partial charge in [0.1, 0.15) is 4.88 Å². The standard InChI is InChI=1S/C12H17N3O3S/c1-8-10(19-15-14-8)11(16)13-9-2-4-12(5-3-9)17-6-7-18-12/h9H,2-7H2,1H3,(H,13,16). The summed E-state index contributed by atoms with van der Waals surface area (Å²) in [6, 6.07) is 0.187. The minimum atomic E-state index is -0.372. The van der Waals surface area contributed by atoms with Crippen LogP contribution >= 0.6 is 11.5 Å². The van der Waals surface area contributed by atoms with Crippen LogP contribution in [0.1, 0.15) is 41.0 Å². The fraction of sp³-hybridized carbons (Fsp3) is 0.750. The number of nitrogens with one attached hydrogen (secondary N) is 1. The van der Waals surface area contributed by atoms with Gasteiger partial charge in [-0.15, -0.1) is 5.10 Å². The van der Waals surface area contributed by atoms with Crippen molar-refractivity contribution in [1.29, 1.82) is 0 Å². The second kappa shape index (κ2) is 5.15.